The topological polar surface area (TPSA) is 49.4 Å². The van der Waals surface area contributed by atoms with Gasteiger partial charge in [0, 0.05) is 0 Å². The number of anilines is 1. The molecule has 5 rings (SSSR count). The third-order valence-electron chi connectivity index (χ3n) is 5.75. The molecule has 1 aliphatic heterocycles. The van der Waals surface area contributed by atoms with Gasteiger partial charge in [0.2, 0.25) is 0 Å². The summed E-state index contributed by atoms with van der Waals surface area (Å²) < 4.78 is 13.8. The summed E-state index contributed by atoms with van der Waals surface area (Å²) in [4.78, 5) is 27.7. The number of carbonyl (C=O) groups excluding carboxylic acids is 2. The van der Waals surface area contributed by atoms with Gasteiger partial charge in [-0.15, -0.1) is 0 Å². The Balaban J connectivity index is 1.65. The molecule has 4 nitrogen and oxygen atoms in total. The van der Waals surface area contributed by atoms with Gasteiger partial charge in [-0.2, -0.15) is 0 Å². The number of hydrogen-bond acceptors (Lipinski definition) is 3. The predicted octanol–water partition coefficient (Wildman–Crippen LogP) is 5.40. The van der Waals surface area contributed by atoms with E-state index in [1.54, 1.807) is 36.4 Å². The minimum absolute atomic E-state index is 0.0192. The Morgan fingerprint density at radius 2 is 1.65 bits per heavy atom. The second-order valence-electron chi connectivity index (χ2n) is 7.96. The van der Waals surface area contributed by atoms with E-state index in [-0.39, 0.29) is 16.5 Å². The van der Waals surface area contributed by atoms with E-state index in [1.165, 1.54) is 17.0 Å². The molecule has 4 aromatic rings. The van der Waals surface area contributed by atoms with E-state index >= 15 is 0 Å². The van der Waals surface area contributed by atoms with E-state index < -0.39 is 11.8 Å². The maximum Gasteiger partial charge on any atom is 0.270 e. The molecule has 0 unspecified atom stereocenters. The van der Waals surface area contributed by atoms with Gasteiger partial charge in [-0.05, 0) is 76.4 Å². The summed E-state index contributed by atoms with van der Waals surface area (Å²) in [5, 5.41) is 4.53. The molecule has 1 aliphatic rings. The molecule has 1 N–H and O–H groups in total. The van der Waals surface area contributed by atoms with Crippen LogP contribution >= 0.6 is 12.2 Å². The second kappa shape index (κ2) is 9.00. The number of fused-ring (bicyclic) bond motifs is 1. The lowest BCUT2D eigenvalue weighted by Gasteiger charge is -2.29. The highest BCUT2D eigenvalue weighted by Gasteiger charge is 2.34. The zero-order valence-electron chi connectivity index (χ0n) is 18.0. The third kappa shape index (κ3) is 4.11. The van der Waals surface area contributed by atoms with E-state index in [9.17, 15) is 14.0 Å². The van der Waals surface area contributed by atoms with Gasteiger partial charge < -0.3 is 0 Å². The summed E-state index contributed by atoms with van der Waals surface area (Å²) in [6.07, 6.45) is 2.06. The largest absolute Gasteiger partial charge is 0.298 e. The summed E-state index contributed by atoms with van der Waals surface area (Å²) in [6, 6.07) is 27.0. The fourth-order valence-electron chi connectivity index (χ4n) is 4.15. The fraction of sp³-hybridized carbons (Fsp3) is 0.0357. The van der Waals surface area contributed by atoms with Crippen molar-refractivity contribution in [1.29, 1.82) is 0 Å². The van der Waals surface area contributed by atoms with Crippen LogP contribution in [0.15, 0.2) is 96.6 Å². The smallest absolute Gasteiger partial charge is 0.270 e. The molecular formula is C28H19FN2O2S. The average Bonchev–Trinajstić information content (AvgIpc) is 2.83. The summed E-state index contributed by atoms with van der Waals surface area (Å²) in [6.45, 7) is 0. The highest BCUT2D eigenvalue weighted by atomic mass is 32.1. The normalized spacial score (nSPS) is 15.1. The van der Waals surface area contributed by atoms with Crippen LogP contribution in [0.25, 0.3) is 16.8 Å². The highest BCUT2D eigenvalue weighted by molar-refractivity contribution is 7.80. The summed E-state index contributed by atoms with van der Waals surface area (Å²) in [5.41, 5.74) is 2.95. The third-order valence-corrected chi connectivity index (χ3v) is 6.03. The Labute approximate surface area is 201 Å². The Bertz CT molecular complexity index is 1480. The second-order valence-corrected chi connectivity index (χ2v) is 8.35. The lowest BCUT2D eigenvalue weighted by Crippen LogP contribution is -2.54. The van der Waals surface area contributed by atoms with Crippen LogP contribution in [-0.2, 0) is 16.0 Å². The molecule has 4 aromatic carbocycles. The molecule has 0 radical (unpaired) electrons. The van der Waals surface area contributed by atoms with Crippen molar-refractivity contribution in [1.82, 2.24) is 5.32 Å². The van der Waals surface area contributed by atoms with Gasteiger partial charge in [-0.25, -0.2) is 4.39 Å². The van der Waals surface area contributed by atoms with Crippen molar-refractivity contribution < 1.29 is 14.0 Å². The molecule has 6 heteroatoms. The van der Waals surface area contributed by atoms with Gasteiger partial charge in [-0.3, -0.25) is 19.8 Å². The maximum absolute atomic E-state index is 13.8. The number of hydrogen-bond donors (Lipinski definition) is 1. The molecule has 34 heavy (non-hydrogen) atoms. The van der Waals surface area contributed by atoms with Crippen LogP contribution in [0.1, 0.15) is 16.7 Å². The van der Waals surface area contributed by atoms with Gasteiger partial charge >= 0.3 is 0 Å². The first-order valence-electron chi connectivity index (χ1n) is 10.7. The number of para-hydroxylation sites is 1. The number of thiocarbonyl (C=S) groups is 1. The first kappa shape index (κ1) is 21.7. The molecule has 1 heterocycles. The van der Waals surface area contributed by atoms with Crippen molar-refractivity contribution in [3.63, 3.8) is 0 Å². The van der Waals surface area contributed by atoms with Crippen LogP contribution in [0.5, 0.6) is 0 Å². The number of carbonyl (C=O) groups is 2. The zero-order valence-corrected chi connectivity index (χ0v) is 18.8. The number of amides is 2. The highest BCUT2D eigenvalue weighted by Crippen LogP contribution is 2.29. The maximum atomic E-state index is 13.8. The number of benzene rings is 4. The van der Waals surface area contributed by atoms with E-state index in [0.29, 0.717) is 12.1 Å². The Hall–Kier alpha value is -4.16. The minimum Gasteiger partial charge on any atom is -0.298 e. The molecule has 0 spiro atoms. The van der Waals surface area contributed by atoms with Crippen LogP contribution in [0.3, 0.4) is 0 Å². The lowest BCUT2D eigenvalue weighted by molar-refractivity contribution is -0.122. The molecule has 0 aliphatic carbocycles. The van der Waals surface area contributed by atoms with E-state index in [2.05, 4.69) is 5.32 Å². The molecule has 0 saturated carbocycles. The summed E-state index contributed by atoms with van der Waals surface area (Å²) >= 11 is 5.29. The van der Waals surface area contributed by atoms with Crippen LogP contribution in [-0.4, -0.2) is 16.9 Å². The minimum atomic E-state index is -0.549. The fourth-order valence-corrected chi connectivity index (χ4v) is 4.43. The molecule has 0 bridgehead atoms. The lowest BCUT2D eigenvalue weighted by atomic mass is 9.92. The first-order chi connectivity index (χ1) is 16.5. The van der Waals surface area contributed by atoms with Crippen molar-refractivity contribution in [2.75, 3.05) is 4.90 Å². The van der Waals surface area contributed by atoms with Crippen molar-refractivity contribution in [3.05, 3.63) is 119 Å². The SMILES string of the molecule is O=C1NC(=S)N(c2ccccc2)C(=O)/C1=C\c1c(Cc2cccc(F)c2)ccc2ccccc12. The van der Waals surface area contributed by atoms with Crippen molar-refractivity contribution in [2.45, 2.75) is 6.42 Å². The average molecular weight is 467 g/mol. The first-order valence-corrected chi connectivity index (χ1v) is 11.1. The molecule has 166 valence electrons. The van der Waals surface area contributed by atoms with Crippen LogP contribution in [0.2, 0.25) is 0 Å². The Morgan fingerprint density at radius 3 is 2.44 bits per heavy atom. The van der Waals surface area contributed by atoms with E-state index in [0.717, 1.165) is 27.5 Å². The molecular weight excluding hydrogens is 447 g/mol. The number of rotatable bonds is 4. The Morgan fingerprint density at radius 1 is 0.882 bits per heavy atom. The summed E-state index contributed by atoms with van der Waals surface area (Å²) in [5.74, 6) is -1.36. The van der Waals surface area contributed by atoms with Gasteiger partial charge in [0.05, 0.1) is 5.69 Å². The van der Waals surface area contributed by atoms with Crippen LogP contribution < -0.4 is 10.2 Å². The van der Waals surface area contributed by atoms with Crippen molar-refractivity contribution in [3.8, 4) is 0 Å². The van der Waals surface area contributed by atoms with Gasteiger partial charge in [0.15, 0.2) is 5.11 Å². The molecule has 1 saturated heterocycles. The van der Waals surface area contributed by atoms with E-state index in [1.807, 2.05) is 48.5 Å². The van der Waals surface area contributed by atoms with Crippen LogP contribution in [0, 0.1) is 5.82 Å². The van der Waals surface area contributed by atoms with Crippen molar-refractivity contribution >= 4 is 51.7 Å². The molecule has 0 atom stereocenters. The van der Waals surface area contributed by atoms with Crippen molar-refractivity contribution in [2.24, 2.45) is 0 Å². The van der Waals surface area contributed by atoms with Gasteiger partial charge in [-0.1, -0.05) is 66.7 Å². The zero-order chi connectivity index (χ0) is 23.7. The molecule has 2 amide bonds. The quantitative estimate of drug-likeness (QED) is 0.249. The Kier molecular flexibility index (Phi) is 5.74. The number of nitrogens with zero attached hydrogens (tertiary/aromatic N) is 1. The predicted molar refractivity (Wildman–Crippen MR) is 136 cm³/mol. The molecule has 0 aromatic heterocycles. The molecule has 1 fully saturated rings. The van der Waals surface area contributed by atoms with Crippen LogP contribution in [0.4, 0.5) is 10.1 Å². The number of nitrogens with one attached hydrogen (secondary N) is 1. The number of halogens is 1. The monoisotopic (exact) mass is 466 g/mol. The summed E-state index contributed by atoms with van der Waals surface area (Å²) in [7, 11) is 0. The van der Waals surface area contributed by atoms with Gasteiger partial charge in [0.1, 0.15) is 11.4 Å². The van der Waals surface area contributed by atoms with E-state index in [4.69, 9.17) is 12.2 Å². The van der Waals surface area contributed by atoms with Gasteiger partial charge in [0.25, 0.3) is 11.8 Å². The standard InChI is InChI=1S/C28H19FN2O2S/c29-21-9-6-7-18(16-21)15-20-14-13-19-8-4-5-12-23(19)24(20)17-25-26(32)30-28(34)31(27(25)33)22-10-2-1-3-11-22/h1-14,16-17H,15H2,(H,30,32,34)/b25-17-.